The fraction of sp³-hybridized carbons (Fsp3) is 0. The molecule has 10 aromatic carbocycles. The van der Waals surface area contributed by atoms with Gasteiger partial charge < -0.3 is 13.9 Å². The first kappa shape index (κ1) is 34.8. The molecule has 12 rings (SSSR count). The third-order valence-corrected chi connectivity index (χ3v) is 12.0. The van der Waals surface area contributed by atoms with Crippen LogP contribution in [0.5, 0.6) is 0 Å². The Labute approximate surface area is 352 Å². The second-order valence-corrected chi connectivity index (χ2v) is 15.6. The normalized spacial score (nSPS) is 11.6. The average molecular weight is 780 g/mol. The SMILES string of the molecule is c1ccc(-c2ccc(-c3nc4c(N(c5cccc(-c6cccc7ccccc67)c5)c5ccc6c7c8ccccc8ccc7n(-c7ccccc7)c6c5)cccc4o3)cc2)cc1. The summed E-state index contributed by atoms with van der Waals surface area (Å²) in [6, 6.07) is 79.9. The molecule has 0 unspecified atom stereocenters. The number of oxazole rings is 1. The lowest BCUT2D eigenvalue weighted by Gasteiger charge is -2.26. The predicted octanol–water partition coefficient (Wildman–Crippen LogP) is 15.7. The molecule has 0 atom stereocenters. The Kier molecular flexibility index (Phi) is 8.13. The third kappa shape index (κ3) is 5.88. The summed E-state index contributed by atoms with van der Waals surface area (Å²) in [7, 11) is 0. The van der Waals surface area contributed by atoms with E-state index in [2.05, 4.69) is 222 Å². The molecular formula is C57H37N3O. The van der Waals surface area contributed by atoms with Gasteiger partial charge in [-0.3, -0.25) is 0 Å². The molecule has 2 aromatic heterocycles. The van der Waals surface area contributed by atoms with Gasteiger partial charge in [0, 0.05) is 33.4 Å². The molecule has 0 spiro atoms. The van der Waals surface area contributed by atoms with E-state index >= 15 is 0 Å². The number of anilines is 3. The molecule has 286 valence electrons. The summed E-state index contributed by atoms with van der Waals surface area (Å²) in [5.74, 6) is 0.582. The Morgan fingerprint density at radius 3 is 1.89 bits per heavy atom. The molecule has 0 aliphatic carbocycles. The van der Waals surface area contributed by atoms with Crippen LogP contribution in [0.3, 0.4) is 0 Å². The van der Waals surface area contributed by atoms with Crippen LogP contribution < -0.4 is 4.90 Å². The zero-order valence-corrected chi connectivity index (χ0v) is 33.1. The Balaban J connectivity index is 1.08. The van der Waals surface area contributed by atoms with Gasteiger partial charge in [-0.05, 0) is 111 Å². The molecule has 4 nitrogen and oxygen atoms in total. The summed E-state index contributed by atoms with van der Waals surface area (Å²) >= 11 is 0. The predicted molar refractivity (Wildman–Crippen MR) is 254 cm³/mol. The number of nitrogens with zero attached hydrogens (tertiary/aromatic N) is 3. The number of hydrogen-bond donors (Lipinski definition) is 0. The van der Waals surface area contributed by atoms with Gasteiger partial charge >= 0.3 is 0 Å². The number of rotatable bonds is 7. The van der Waals surface area contributed by atoms with E-state index in [9.17, 15) is 0 Å². The van der Waals surface area contributed by atoms with Crippen molar-refractivity contribution in [2.24, 2.45) is 0 Å². The second kappa shape index (κ2) is 14.3. The molecule has 4 heteroatoms. The highest BCUT2D eigenvalue weighted by Gasteiger charge is 2.23. The van der Waals surface area contributed by atoms with Crippen molar-refractivity contribution in [3.63, 3.8) is 0 Å². The van der Waals surface area contributed by atoms with Crippen molar-refractivity contribution < 1.29 is 4.42 Å². The number of benzene rings is 10. The van der Waals surface area contributed by atoms with Crippen molar-refractivity contribution in [3.8, 4) is 39.4 Å². The summed E-state index contributed by atoms with van der Waals surface area (Å²) < 4.78 is 8.99. The van der Waals surface area contributed by atoms with Crippen LogP contribution >= 0.6 is 0 Å². The maximum absolute atomic E-state index is 6.59. The lowest BCUT2D eigenvalue weighted by molar-refractivity contribution is 0.620. The first-order valence-electron chi connectivity index (χ1n) is 20.7. The minimum Gasteiger partial charge on any atom is -0.436 e. The Morgan fingerprint density at radius 2 is 1.05 bits per heavy atom. The van der Waals surface area contributed by atoms with Crippen LogP contribution in [0.15, 0.2) is 229 Å². The molecule has 0 radical (unpaired) electrons. The van der Waals surface area contributed by atoms with Crippen LogP contribution in [-0.4, -0.2) is 9.55 Å². The van der Waals surface area contributed by atoms with E-state index in [1.165, 1.54) is 49.0 Å². The number of hydrogen-bond acceptors (Lipinski definition) is 3. The smallest absolute Gasteiger partial charge is 0.227 e. The van der Waals surface area contributed by atoms with Gasteiger partial charge in [-0.2, -0.15) is 0 Å². The van der Waals surface area contributed by atoms with E-state index in [1.807, 2.05) is 12.1 Å². The quantitative estimate of drug-likeness (QED) is 0.162. The Morgan fingerprint density at radius 1 is 0.410 bits per heavy atom. The Hall–Kier alpha value is -8.21. The van der Waals surface area contributed by atoms with E-state index < -0.39 is 0 Å². The number of aromatic nitrogens is 2. The second-order valence-electron chi connectivity index (χ2n) is 15.6. The van der Waals surface area contributed by atoms with Crippen LogP contribution in [0, 0.1) is 0 Å². The molecule has 61 heavy (non-hydrogen) atoms. The molecule has 0 fully saturated rings. The van der Waals surface area contributed by atoms with Crippen LogP contribution in [0.2, 0.25) is 0 Å². The highest BCUT2D eigenvalue weighted by molar-refractivity contribution is 6.22. The summed E-state index contributed by atoms with van der Waals surface area (Å²) in [5, 5.41) is 7.34. The van der Waals surface area contributed by atoms with Crippen molar-refractivity contribution in [1.29, 1.82) is 0 Å². The van der Waals surface area contributed by atoms with Crippen molar-refractivity contribution in [3.05, 3.63) is 224 Å². The molecule has 0 N–H and O–H groups in total. The monoisotopic (exact) mass is 779 g/mol. The molecule has 0 saturated heterocycles. The highest BCUT2D eigenvalue weighted by atomic mass is 16.3. The fourth-order valence-corrected chi connectivity index (χ4v) is 9.16. The van der Waals surface area contributed by atoms with Gasteiger partial charge in [0.25, 0.3) is 0 Å². The van der Waals surface area contributed by atoms with Gasteiger partial charge in [-0.1, -0.05) is 158 Å². The minimum absolute atomic E-state index is 0.582. The van der Waals surface area contributed by atoms with Crippen molar-refractivity contribution in [2.75, 3.05) is 4.90 Å². The third-order valence-electron chi connectivity index (χ3n) is 12.0. The molecular weight excluding hydrogens is 743 g/mol. The number of fused-ring (bicyclic) bond motifs is 7. The highest BCUT2D eigenvalue weighted by Crippen LogP contribution is 2.45. The van der Waals surface area contributed by atoms with Crippen molar-refractivity contribution in [2.45, 2.75) is 0 Å². The number of para-hydroxylation sites is 2. The van der Waals surface area contributed by atoms with Gasteiger partial charge in [0.1, 0.15) is 5.52 Å². The van der Waals surface area contributed by atoms with Crippen LogP contribution in [0.25, 0.3) is 93.8 Å². The van der Waals surface area contributed by atoms with Crippen LogP contribution in [-0.2, 0) is 0 Å². The molecule has 0 aliphatic rings. The summed E-state index contributed by atoms with van der Waals surface area (Å²) in [6.07, 6.45) is 0. The van der Waals surface area contributed by atoms with Crippen molar-refractivity contribution >= 4 is 71.5 Å². The lowest BCUT2D eigenvalue weighted by atomic mass is 9.97. The molecule has 2 heterocycles. The van der Waals surface area contributed by atoms with E-state index in [0.29, 0.717) is 5.89 Å². The average Bonchev–Trinajstić information content (AvgIpc) is 3.92. The van der Waals surface area contributed by atoms with E-state index in [4.69, 9.17) is 9.40 Å². The summed E-state index contributed by atoms with van der Waals surface area (Å²) in [4.78, 5) is 7.60. The largest absolute Gasteiger partial charge is 0.436 e. The fourth-order valence-electron chi connectivity index (χ4n) is 9.16. The van der Waals surface area contributed by atoms with E-state index in [1.54, 1.807) is 0 Å². The maximum Gasteiger partial charge on any atom is 0.227 e. The first-order valence-corrected chi connectivity index (χ1v) is 20.7. The van der Waals surface area contributed by atoms with Crippen LogP contribution in [0.4, 0.5) is 17.1 Å². The molecule has 12 aromatic rings. The van der Waals surface area contributed by atoms with Gasteiger partial charge in [-0.15, -0.1) is 0 Å². The molecule has 0 bridgehead atoms. The first-order chi connectivity index (χ1) is 30.2. The summed E-state index contributed by atoms with van der Waals surface area (Å²) in [6.45, 7) is 0. The van der Waals surface area contributed by atoms with Crippen LogP contribution in [0.1, 0.15) is 0 Å². The zero-order chi connectivity index (χ0) is 40.3. The molecule has 0 aliphatic heterocycles. The molecule has 0 saturated carbocycles. The standard InChI is InChI=1S/C57H37N3O/c1-3-14-38(15-4-1)39-28-30-42(31-29-39)57-58-56-52(26-13-27-54(56)61-57)59(45-22-11-19-43(36-45)48-25-12-18-40-16-7-9-23-47(40)48)46-33-34-50-53(37-46)60(44-20-5-2-6-21-44)51-35-32-41-17-8-10-24-49(41)55(50)51/h1-37H. The van der Waals surface area contributed by atoms with E-state index in [-0.39, 0.29) is 0 Å². The van der Waals surface area contributed by atoms with E-state index in [0.717, 1.165) is 56.1 Å². The van der Waals surface area contributed by atoms with Crippen molar-refractivity contribution in [1.82, 2.24) is 9.55 Å². The van der Waals surface area contributed by atoms with Gasteiger partial charge in [0.15, 0.2) is 5.58 Å². The Bertz CT molecular complexity index is 3580. The summed E-state index contributed by atoms with van der Waals surface area (Å²) in [5.41, 5.74) is 13.4. The van der Waals surface area contributed by atoms with Gasteiger partial charge in [-0.25, -0.2) is 4.98 Å². The van der Waals surface area contributed by atoms with Gasteiger partial charge in [0.05, 0.1) is 16.7 Å². The minimum atomic E-state index is 0.582. The van der Waals surface area contributed by atoms with Gasteiger partial charge in [0.2, 0.25) is 5.89 Å². The lowest BCUT2D eigenvalue weighted by Crippen LogP contribution is -2.11. The zero-order valence-electron chi connectivity index (χ0n) is 33.1. The maximum atomic E-state index is 6.59. The topological polar surface area (TPSA) is 34.2 Å². The molecule has 0 amide bonds.